The molecule has 1 aliphatic carbocycles. The Labute approximate surface area is 113 Å². The molecular weight excluding hydrogens is 238 g/mol. The van der Waals surface area contributed by atoms with Crippen molar-refractivity contribution < 1.29 is 4.52 Å². The van der Waals surface area contributed by atoms with E-state index in [9.17, 15) is 0 Å². The first-order chi connectivity index (χ1) is 9.42. The minimum atomic E-state index is 0.597. The molecule has 0 N–H and O–H groups in total. The van der Waals surface area contributed by atoms with Gasteiger partial charge in [-0.15, -0.1) is 0 Å². The third-order valence-corrected chi connectivity index (χ3v) is 3.85. The van der Waals surface area contributed by atoms with Crippen molar-refractivity contribution in [1.29, 1.82) is 0 Å². The molecule has 0 saturated heterocycles. The zero-order chi connectivity index (χ0) is 12.9. The first kappa shape index (κ1) is 12.3. The lowest BCUT2D eigenvalue weighted by Crippen LogP contribution is -2.07. The quantitative estimate of drug-likeness (QED) is 0.839. The van der Waals surface area contributed by atoms with E-state index in [0.717, 1.165) is 23.9 Å². The average Bonchev–Trinajstić information content (AvgIpc) is 2.96. The summed E-state index contributed by atoms with van der Waals surface area (Å²) in [5.41, 5.74) is 0.773. The Balaban J connectivity index is 1.59. The lowest BCUT2D eigenvalue weighted by Gasteiger charge is -2.20. The summed E-state index contributed by atoms with van der Waals surface area (Å²) in [5, 5.41) is 4.00. The van der Waals surface area contributed by atoms with Crippen molar-refractivity contribution in [1.82, 2.24) is 15.1 Å². The van der Waals surface area contributed by atoms with Crippen LogP contribution < -0.4 is 0 Å². The van der Waals surface area contributed by atoms with E-state index in [2.05, 4.69) is 15.1 Å². The lowest BCUT2D eigenvalue weighted by atomic mass is 9.86. The van der Waals surface area contributed by atoms with E-state index in [0.29, 0.717) is 5.82 Å². The number of aromatic nitrogens is 3. The maximum atomic E-state index is 5.31. The zero-order valence-electron chi connectivity index (χ0n) is 11.1. The predicted molar refractivity (Wildman–Crippen MR) is 72.4 cm³/mol. The largest absolute Gasteiger partial charge is 0.339 e. The van der Waals surface area contributed by atoms with E-state index in [4.69, 9.17) is 4.52 Å². The highest BCUT2D eigenvalue weighted by Gasteiger charge is 2.15. The van der Waals surface area contributed by atoms with E-state index in [1.165, 1.54) is 38.5 Å². The Morgan fingerprint density at radius 3 is 2.84 bits per heavy atom. The molecule has 0 aliphatic heterocycles. The Kier molecular flexibility index (Phi) is 3.86. The fraction of sp³-hybridized carbons (Fsp3) is 0.533. The van der Waals surface area contributed by atoms with Crippen molar-refractivity contribution in [2.24, 2.45) is 5.92 Å². The van der Waals surface area contributed by atoms with Gasteiger partial charge in [0.15, 0.2) is 0 Å². The lowest BCUT2D eigenvalue weighted by molar-refractivity contribution is 0.315. The fourth-order valence-electron chi connectivity index (χ4n) is 2.76. The van der Waals surface area contributed by atoms with Crippen LogP contribution in [0.15, 0.2) is 28.9 Å². The summed E-state index contributed by atoms with van der Waals surface area (Å²) < 4.78 is 5.31. The second-order valence-corrected chi connectivity index (χ2v) is 5.27. The van der Waals surface area contributed by atoms with Crippen LogP contribution in [0.1, 0.15) is 44.4 Å². The van der Waals surface area contributed by atoms with Crippen molar-refractivity contribution in [3.8, 4) is 11.5 Å². The van der Waals surface area contributed by atoms with Crippen LogP contribution in [-0.2, 0) is 6.42 Å². The Bertz CT molecular complexity index is 503. The van der Waals surface area contributed by atoms with Crippen molar-refractivity contribution >= 4 is 0 Å². The van der Waals surface area contributed by atoms with E-state index >= 15 is 0 Å². The third-order valence-electron chi connectivity index (χ3n) is 3.85. The topological polar surface area (TPSA) is 51.8 Å². The van der Waals surface area contributed by atoms with E-state index < -0.39 is 0 Å². The third kappa shape index (κ3) is 3.19. The highest BCUT2D eigenvalue weighted by atomic mass is 16.5. The zero-order valence-corrected chi connectivity index (χ0v) is 11.1. The van der Waals surface area contributed by atoms with Crippen LogP contribution in [0, 0.1) is 5.92 Å². The van der Waals surface area contributed by atoms with Crippen molar-refractivity contribution in [2.75, 3.05) is 0 Å². The van der Waals surface area contributed by atoms with Gasteiger partial charge in [-0.05, 0) is 24.5 Å². The van der Waals surface area contributed by atoms with Crippen LogP contribution in [0.4, 0.5) is 0 Å². The van der Waals surface area contributed by atoms with Crippen LogP contribution in [0.5, 0.6) is 0 Å². The minimum Gasteiger partial charge on any atom is -0.339 e. The molecule has 0 spiro atoms. The SMILES string of the molecule is c1ccc(-c2noc(CCC3CCCCC3)n2)nc1. The molecule has 1 fully saturated rings. The molecule has 2 heterocycles. The molecule has 0 amide bonds. The maximum Gasteiger partial charge on any atom is 0.227 e. The van der Waals surface area contributed by atoms with Gasteiger partial charge in [-0.3, -0.25) is 4.98 Å². The first-order valence-electron chi connectivity index (χ1n) is 7.16. The molecule has 3 rings (SSSR count). The Hall–Kier alpha value is -1.71. The van der Waals surface area contributed by atoms with Crippen LogP contribution in [0.25, 0.3) is 11.5 Å². The maximum absolute atomic E-state index is 5.31. The molecule has 4 heteroatoms. The molecule has 0 bridgehead atoms. The van der Waals surface area contributed by atoms with Gasteiger partial charge in [-0.1, -0.05) is 43.3 Å². The molecule has 0 radical (unpaired) electrons. The van der Waals surface area contributed by atoms with E-state index in [-0.39, 0.29) is 0 Å². The number of hydrogen-bond acceptors (Lipinski definition) is 4. The Morgan fingerprint density at radius 2 is 2.05 bits per heavy atom. The molecule has 0 unspecified atom stereocenters. The molecule has 1 saturated carbocycles. The molecular formula is C15H19N3O. The second kappa shape index (κ2) is 5.95. The van der Waals surface area contributed by atoms with Crippen molar-refractivity contribution in [3.05, 3.63) is 30.3 Å². The van der Waals surface area contributed by atoms with Gasteiger partial charge in [-0.25, -0.2) is 0 Å². The molecule has 1 aliphatic rings. The minimum absolute atomic E-state index is 0.597. The van der Waals surface area contributed by atoms with Gasteiger partial charge in [0.2, 0.25) is 11.7 Å². The van der Waals surface area contributed by atoms with Gasteiger partial charge in [0.25, 0.3) is 0 Å². The summed E-state index contributed by atoms with van der Waals surface area (Å²) in [4.78, 5) is 8.65. The summed E-state index contributed by atoms with van der Waals surface area (Å²) in [6.07, 6.45) is 10.7. The first-order valence-corrected chi connectivity index (χ1v) is 7.16. The van der Waals surface area contributed by atoms with Gasteiger partial charge in [0, 0.05) is 12.6 Å². The van der Waals surface area contributed by atoms with Crippen LogP contribution in [0.3, 0.4) is 0 Å². The molecule has 19 heavy (non-hydrogen) atoms. The molecule has 0 atom stereocenters. The Morgan fingerprint density at radius 1 is 1.16 bits per heavy atom. The monoisotopic (exact) mass is 257 g/mol. The van der Waals surface area contributed by atoms with Crippen LogP contribution >= 0.6 is 0 Å². The number of pyridine rings is 1. The van der Waals surface area contributed by atoms with E-state index in [1.807, 2.05) is 18.2 Å². The van der Waals surface area contributed by atoms with Crippen LogP contribution in [0.2, 0.25) is 0 Å². The fourth-order valence-corrected chi connectivity index (χ4v) is 2.76. The van der Waals surface area contributed by atoms with E-state index in [1.54, 1.807) is 6.20 Å². The van der Waals surface area contributed by atoms with Gasteiger partial charge in [0.1, 0.15) is 5.69 Å². The average molecular weight is 257 g/mol. The van der Waals surface area contributed by atoms with Gasteiger partial charge >= 0.3 is 0 Å². The molecule has 100 valence electrons. The number of rotatable bonds is 4. The number of nitrogens with zero attached hydrogens (tertiary/aromatic N) is 3. The highest BCUT2D eigenvalue weighted by Crippen LogP contribution is 2.27. The molecule has 0 aromatic carbocycles. The molecule has 4 nitrogen and oxygen atoms in total. The molecule has 2 aromatic heterocycles. The van der Waals surface area contributed by atoms with Gasteiger partial charge in [-0.2, -0.15) is 4.98 Å². The standard InChI is InChI=1S/C15H19N3O/c1-2-6-12(7-3-1)9-10-14-17-15(18-19-14)13-8-4-5-11-16-13/h4-5,8,11-12H,1-3,6-7,9-10H2. The van der Waals surface area contributed by atoms with Crippen molar-refractivity contribution in [2.45, 2.75) is 44.9 Å². The second-order valence-electron chi connectivity index (χ2n) is 5.27. The summed E-state index contributed by atoms with van der Waals surface area (Å²) in [6.45, 7) is 0. The molecule has 2 aromatic rings. The number of hydrogen-bond donors (Lipinski definition) is 0. The smallest absolute Gasteiger partial charge is 0.227 e. The number of aryl methyl sites for hydroxylation is 1. The highest BCUT2D eigenvalue weighted by molar-refractivity contribution is 5.46. The normalized spacial score (nSPS) is 16.6. The van der Waals surface area contributed by atoms with Crippen molar-refractivity contribution in [3.63, 3.8) is 0 Å². The summed E-state index contributed by atoms with van der Waals surface area (Å²) in [5.74, 6) is 2.18. The van der Waals surface area contributed by atoms with Gasteiger partial charge in [0.05, 0.1) is 0 Å². The predicted octanol–water partition coefficient (Wildman–Crippen LogP) is 3.64. The summed E-state index contributed by atoms with van der Waals surface area (Å²) in [7, 11) is 0. The summed E-state index contributed by atoms with van der Waals surface area (Å²) in [6, 6.07) is 5.71. The van der Waals surface area contributed by atoms with Gasteiger partial charge < -0.3 is 4.52 Å². The summed E-state index contributed by atoms with van der Waals surface area (Å²) >= 11 is 0. The van der Waals surface area contributed by atoms with Crippen LogP contribution in [-0.4, -0.2) is 15.1 Å².